The Morgan fingerprint density at radius 2 is 1.80 bits per heavy atom. The average Bonchev–Trinajstić information content (AvgIpc) is 3.01. The molecule has 1 aromatic heterocycles. The van der Waals surface area contributed by atoms with Crippen molar-refractivity contribution < 1.29 is 13.2 Å². The van der Waals surface area contributed by atoms with E-state index in [1.54, 1.807) is 6.07 Å². The van der Waals surface area contributed by atoms with E-state index in [1.807, 2.05) is 42.1 Å². The molecule has 3 rings (SSSR count). The van der Waals surface area contributed by atoms with E-state index < -0.39 is 11.7 Å². The minimum atomic E-state index is -4.39. The summed E-state index contributed by atoms with van der Waals surface area (Å²) in [4.78, 5) is 0. The van der Waals surface area contributed by atoms with E-state index in [0.717, 1.165) is 17.0 Å². The average molecular weight is 342 g/mol. The van der Waals surface area contributed by atoms with E-state index in [9.17, 15) is 13.2 Å². The molecule has 1 unspecified atom stereocenters. The minimum Gasteiger partial charge on any atom is -0.265 e. The van der Waals surface area contributed by atoms with Crippen molar-refractivity contribution in [2.24, 2.45) is 5.92 Å². The van der Waals surface area contributed by atoms with Crippen molar-refractivity contribution in [1.29, 1.82) is 0 Å². The SMILES string of the molecule is CC(C#Cc1ccccc1C(F)(F)F)CCn1ncc2ccccc21. The first-order chi connectivity index (χ1) is 11.9. The number of aromatic nitrogens is 2. The first kappa shape index (κ1) is 17.1. The number of hydrogen-bond donors (Lipinski definition) is 0. The normalized spacial score (nSPS) is 12.6. The Kier molecular flexibility index (Phi) is 4.80. The molecule has 0 aliphatic carbocycles. The van der Waals surface area contributed by atoms with E-state index in [1.165, 1.54) is 12.1 Å². The second-order valence-electron chi connectivity index (χ2n) is 5.93. The molecule has 0 bridgehead atoms. The van der Waals surface area contributed by atoms with Gasteiger partial charge in [-0.05, 0) is 24.6 Å². The third-order valence-corrected chi connectivity index (χ3v) is 4.01. The molecule has 2 aromatic carbocycles. The lowest BCUT2D eigenvalue weighted by Gasteiger charge is -2.09. The van der Waals surface area contributed by atoms with E-state index in [4.69, 9.17) is 0 Å². The Bertz CT molecular complexity index is 929. The second kappa shape index (κ2) is 7.02. The predicted molar refractivity (Wildman–Crippen MR) is 91.8 cm³/mol. The maximum atomic E-state index is 13.0. The van der Waals surface area contributed by atoms with Crippen LogP contribution < -0.4 is 0 Å². The van der Waals surface area contributed by atoms with Crippen LogP contribution in [0.15, 0.2) is 54.7 Å². The van der Waals surface area contributed by atoms with Gasteiger partial charge in [0.25, 0.3) is 0 Å². The van der Waals surface area contributed by atoms with Gasteiger partial charge in [0.05, 0.1) is 17.3 Å². The van der Waals surface area contributed by atoms with Crippen LogP contribution >= 0.6 is 0 Å². The highest BCUT2D eigenvalue weighted by atomic mass is 19.4. The molecule has 0 amide bonds. The van der Waals surface area contributed by atoms with Crippen LogP contribution in [0, 0.1) is 17.8 Å². The number of hydrogen-bond acceptors (Lipinski definition) is 1. The second-order valence-corrected chi connectivity index (χ2v) is 5.93. The Morgan fingerprint density at radius 3 is 2.60 bits per heavy atom. The van der Waals surface area contributed by atoms with Crippen molar-refractivity contribution in [2.75, 3.05) is 0 Å². The molecule has 2 nitrogen and oxygen atoms in total. The first-order valence-corrected chi connectivity index (χ1v) is 8.03. The van der Waals surface area contributed by atoms with E-state index in [0.29, 0.717) is 13.0 Å². The molecule has 1 atom stereocenters. The van der Waals surface area contributed by atoms with Gasteiger partial charge >= 0.3 is 6.18 Å². The zero-order valence-electron chi connectivity index (χ0n) is 13.7. The van der Waals surface area contributed by atoms with Gasteiger partial charge in [0.2, 0.25) is 0 Å². The Morgan fingerprint density at radius 1 is 1.08 bits per heavy atom. The van der Waals surface area contributed by atoms with Gasteiger partial charge in [0.1, 0.15) is 0 Å². The summed E-state index contributed by atoms with van der Waals surface area (Å²) >= 11 is 0. The number of benzene rings is 2. The summed E-state index contributed by atoms with van der Waals surface area (Å²) in [6.07, 6.45) is -1.86. The quantitative estimate of drug-likeness (QED) is 0.603. The van der Waals surface area contributed by atoms with Crippen molar-refractivity contribution in [3.05, 3.63) is 65.9 Å². The number of aryl methyl sites for hydroxylation is 1. The van der Waals surface area contributed by atoms with Crippen LogP contribution in [0.25, 0.3) is 10.9 Å². The standard InChI is InChI=1S/C20H17F3N2/c1-15(10-11-16-6-2-4-8-18(16)20(21,22)23)12-13-25-19-9-5-3-7-17(19)14-24-25/h2-9,14-15H,12-13H2,1H3. The van der Waals surface area contributed by atoms with Crippen LogP contribution in [0.1, 0.15) is 24.5 Å². The summed E-state index contributed by atoms with van der Waals surface area (Å²) in [7, 11) is 0. The molecule has 1 heterocycles. The number of nitrogens with zero attached hydrogens (tertiary/aromatic N) is 2. The third kappa shape index (κ3) is 4.03. The van der Waals surface area contributed by atoms with Gasteiger partial charge in [-0.25, -0.2) is 0 Å². The molecule has 0 aliphatic rings. The van der Waals surface area contributed by atoms with Crippen molar-refractivity contribution in [1.82, 2.24) is 9.78 Å². The van der Waals surface area contributed by atoms with Crippen LogP contribution in [0.3, 0.4) is 0 Å². The van der Waals surface area contributed by atoms with Gasteiger partial charge < -0.3 is 0 Å². The Balaban J connectivity index is 1.70. The smallest absolute Gasteiger partial charge is 0.265 e. The highest BCUT2D eigenvalue weighted by Gasteiger charge is 2.32. The maximum absolute atomic E-state index is 13.0. The molecule has 0 saturated carbocycles. The van der Waals surface area contributed by atoms with E-state index >= 15 is 0 Å². The first-order valence-electron chi connectivity index (χ1n) is 8.03. The molecular weight excluding hydrogens is 325 g/mol. The fourth-order valence-electron chi connectivity index (χ4n) is 2.63. The minimum absolute atomic E-state index is 0.0198. The molecular formula is C20H17F3N2. The van der Waals surface area contributed by atoms with E-state index in [-0.39, 0.29) is 11.5 Å². The number of rotatable bonds is 3. The molecule has 3 aromatic rings. The van der Waals surface area contributed by atoms with Gasteiger partial charge in [-0.3, -0.25) is 4.68 Å². The highest BCUT2D eigenvalue weighted by Crippen LogP contribution is 2.31. The number of halogens is 3. The molecule has 0 saturated heterocycles. The summed E-state index contributed by atoms with van der Waals surface area (Å²) in [6.45, 7) is 2.58. The van der Waals surface area contributed by atoms with Crippen molar-refractivity contribution >= 4 is 10.9 Å². The van der Waals surface area contributed by atoms with Crippen LogP contribution in [0.5, 0.6) is 0 Å². The van der Waals surface area contributed by atoms with Crippen LogP contribution in [0.4, 0.5) is 13.2 Å². The molecule has 25 heavy (non-hydrogen) atoms. The monoisotopic (exact) mass is 342 g/mol. The highest BCUT2D eigenvalue weighted by molar-refractivity contribution is 5.78. The van der Waals surface area contributed by atoms with Crippen molar-refractivity contribution in [3.63, 3.8) is 0 Å². The largest absolute Gasteiger partial charge is 0.417 e. The zero-order chi connectivity index (χ0) is 17.9. The molecule has 0 N–H and O–H groups in total. The van der Waals surface area contributed by atoms with Gasteiger partial charge in [-0.2, -0.15) is 18.3 Å². The summed E-state index contributed by atoms with van der Waals surface area (Å²) in [5, 5.41) is 5.42. The topological polar surface area (TPSA) is 17.8 Å². The molecule has 0 radical (unpaired) electrons. The van der Waals surface area contributed by atoms with E-state index in [2.05, 4.69) is 16.9 Å². The van der Waals surface area contributed by atoms with Gasteiger partial charge in [-0.15, -0.1) is 0 Å². The summed E-state index contributed by atoms with van der Waals surface area (Å²) in [5.41, 5.74) is 0.379. The molecule has 0 spiro atoms. The molecule has 128 valence electrons. The third-order valence-electron chi connectivity index (χ3n) is 4.01. The molecule has 0 fully saturated rings. The van der Waals surface area contributed by atoms with Gasteiger partial charge in [0, 0.05) is 23.4 Å². The predicted octanol–water partition coefficient (Wildman–Crippen LogP) is 5.13. The number of fused-ring (bicyclic) bond motifs is 1. The fourth-order valence-corrected chi connectivity index (χ4v) is 2.63. The summed E-state index contributed by atoms with van der Waals surface area (Å²) < 4.78 is 40.8. The summed E-state index contributed by atoms with van der Waals surface area (Å²) in [5.74, 6) is 5.58. The zero-order valence-corrected chi connectivity index (χ0v) is 13.7. The van der Waals surface area contributed by atoms with Crippen LogP contribution in [-0.2, 0) is 12.7 Å². The van der Waals surface area contributed by atoms with Crippen LogP contribution in [-0.4, -0.2) is 9.78 Å². The van der Waals surface area contributed by atoms with Crippen molar-refractivity contribution in [2.45, 2.75) is 26.1 Å². The fraction of sp³-hybridized carbons (Fsp3) is 0.250. The Hall–Kier alpha value is -2.74. The lowest BCUT2D eigenvalue weighted by atomic mass is 10.0. The lowest BCUT2D eigenvalue weighted by molar-refractivity contribution is -0.137. The Labute approximate surface area is 144 Å². The molecule has 5 heteroatoms. The number of alkyl halides is 3. The molecule has 0 aliphatic heterocycles. The van der Waals surface area contributed by atoms with Crippen molar-refractivity contribution in [3.8, 4) is 11.8 Å². The van der Waals surface area contributed by atoms with Gasteiger partial charge in [-0.1, -0.05) is 49.1 Å². The van der Waals surface area contributed by atoms with Crippen LogP contribution in [0.2, 0.25) is 0 Å². The summed E-state index contributed by atoms with van der Waals surface area (Å²) in [6, 6.07) is 13.3. The lowest BCUT2D eigenvalue weighted by Crippen LogP contribution is -2.07. The maximum Gasteiger partial charge on any atom is 0.417 e. The van der Waals surface area contributed by atoms with Gasteiger partial charge in [0.15, 0.2) is 0 Å². The number of para-hydroxylation sites is 1.